The van der Waals surface area contributed by atoms with E-state index < -0.39 is 0 Å². The topological polar surface area (TPSA) is 21.3 Å². The minimum Gasteiger partial charge on any atom is -0.493 e. The molecule has 3 rings (SSSR count). The molecule has 0 radical (unpaired) electrons. The molecule has 2 unspecified atom stereocenters. The molecule has 2 aromatic rings. The molecule has 0 saturated carbocycles. The molecule has 1 heterocycles. The molecule has 2 nitrogen and oxygen atoms in total. The zero-order chi connectivity index (χ0) is 14.8. The summed E-state index contributed by atoms with van der Waals surface area (Å²) in [5, 5.41) is 3.54. The first-order valence-corrected chi connectivity index (χ1v) is 7.67. The summed E-state index contributed by atoms with van der Waals surface area (Å²) in [6, 6.07) is 15.5. The summed E-state index contributed by atoms with van der Waals surface area (Å²) in [5.41, 5.74) is 5.39. The van der Waals surface area contributed by atoms with Crippen molar-refractivity contribution in [1.82, 2.24) is 5.32 Å². The zero-order valence-corrected chi connectivity index (χ0v) is 13.0. The van der Waals surface area contributed by atoms with Crippen molar-refractivity contribution in [3.05, 3.63) is 64.7 Å². The average Bonchev–Trinajstić information content (AvgIpc) is 2.51. The van der Waals surface area contributed by atoms with Crippen molar-refractivity contribution in [3.63, 3.8) is 0 Å². The summed E-state index contributed by atoms with van der Waals surface area (Å²) in [6.45, 7) is 5.16. The normalized spacial score (nSPS) is 18.7. The lowest BCUT2D eigenvalue weighted by Gasteiger charge is -2.33. The highest BCUT2D eigenvalue weighted by atomic mass is 16.5. The quantitative estimate of drug-likeness (QED) is 0.913. The Morgan fingerprint density at radius 1 is 1.14 bits per heavy atom. The number of nitrogens with one attached hydrogen (secondary N) is 1. The number of hydrogen-bond donors (Lipinski definition) is 1. The fourth-order valence-electron chi connectivity index (χ4n) is 3.38. The van der Waals surface area contributed by atoms with Crippen molar-refractivity contribution in [1.29, 1.82) is 0 Å². The van der Waals surface area contributed by atoms with E-state index >= 15 is 0 Å². The van der Waals surface area contributed by atoms with Gasteiger partial charge in [0.05, 0.1) is 6.61 Å². The van der Waals surface area contributed by atoms with Gasteiger partial charge in [-0.15, -0.1) is 0 Å². The van der Waals surface area contributed by atoms with Crippen LogP contribution in [0, 0.1) is 13.8 Å². The molecule has 0 aromatic heterocycles. The Labute approximate surface area is 127 Å². The van der Waals surface area contributed by atoms with Gasteiger partial charge in [-0.25, -0.2) is 0 Å². The molecule has 0 fully saturated rings. The van der Waals surface area contributed by atoms with Crippen molar-refractivity contribution in [3.8, 4) is 5.75 Å². The third-order valence-electron chi connectivity index (χ3n) is 4.49. The molecular formula is C19H23NO. The highest BCUT2D eigenvalue weighted by Crippen LogP contribution is 2.41. The summed E-state index contributed by atoms with van der Waals surface area (Å²) in [4.78, 5) is 0. The smallest absolute Gasteiger partial charge is 0.122 e. The van der Waals surface area contributed by atoms with Gasteiger partial charge in [-0.05, 0) is 50.1 Å². The van der Waals surface area contributed by atoms with Gasteiger partial charge in [-0.1, -0.05) is 42.0 Å². The molecule has 0 aliphatic carbocycles. The third kappa shape index (κ3) is 2.68. The predicted molar refractivity (Wildman–Crippen MR) is 87.0 cm³/mol. The van der Waals surface area contributed by atoms with Crippen LogP contribution in [0.3, 0.4) is 0 Å². The second kappa shape index (κ2) is 5.90. The molecule has 0 saturated heterocycles. The van der Waals surface area contributed by atoms with E-state index in [9.17, 15) is 0 Å². The summed E-state index contributed by atoms with van der Waals surface area (Å²) in [6.07, 6.45) is 1.05. The Hall–Kier alpha value is -1.80. The minimum absolute atomic E-state index is 0.329. The van der Waals surface area contributed by atoms with Gasteiger partial charge in [0.2, 0.25) is 0 Å². The van der Waals surface area contributed by atoms with E-state index in [0.717, 1.165) is 18.8 Å². The standard InChI is InChI=1S/C19H23NO/c1-13-8-9-14(2)17(12-13)19(20-3)16-10-11-21-18-7-5-4-6-15(16)18/h4-9,12,16,19-20H,10-11H2,1-3H3. The van der Waals surface area contributed by atoms with Gasteiger partial charge in [-0.3, -0.25) is 0 Å². The van der Waals surface area contributed by atoms with Crippen molar-refractivity contribution in [2.45, 2.75) is 32.2 Å². The lowest BCUT2D eigenvalue weighted by molar-refractivity contribution is 0.248. The van der Waals surface area contributed by atoms with Crippen LogP contribution in [-0.2, 0) is 0 Å². The lowest BCUT2D eigenvalue weighted by Crippen LogP contribution is -2.28. The van der Waals surface area contributed by atoms with Gasteiger partial charge in [0.25, 0.3) is 0 Å². The maximum Gasteiger partial charge on any atom is 0.122 e. The number of para-hydroxylation sites is 1. The van der Waals surface area contributed by atoms with E-state index in [-0.39, 0.29) is 0 Å². The Balaban J connectivity index is 2.03. The summed E-state index contributed by atoms with van der Waals surface area (Å²) >= 11 is 0. The second-order valence-electron chi connectivity index (χ2n) is 5.91. The van der Waals surface area contributed by atoms with Crippen LogP contribution in [0.4, 0.5) is 0 Å². The molecule has 0 spiro atoms. The van der Waals surface area contributed by atoms with Crippen LogP contribution in [0.25, 0.3) is 0 Å². The van der Waals surface area contributed by atoms with E-state index in [2.05, 4.69) is 62.6 Å². The third-order valence-corrected chi connectivity index (χ3v) is 4.49. The molecule has 2 aromatic carbocycles. The molecule has 1 aliphatic rings. The fraction of sp³-hybridized carbons (Fsp3) is 0.368. The molecular weight excluding hydrogens is 258 g/mol. The average molecular weight is 281 g/mol. The van der Waals surface area contributed by atoms with E-state index in [0.29, 0.717) is 12.0 Å². The largest absolute Gasteiger partial charge is 0.493 e. The summed E-state index contributed by atoms with van der Waals surface area (Å²) in [7, 11) is 2.06. The van der Waals surface area contributed by atoms with Crippen molar-refractivity contribution in [2.24, 2.45) is 0 Å². The Bertz CT molecular complexity index is 635. The number of hydrogen-bond acceptors (Lipinski definition) is 2. The van der Waals surface area contributed by atoms with Crippen molar-refractivity contribution >= 4 is 0 Å². The SMILES string of the molecule is CNC(c1cc(C)ccc1C)C1CCOc2ccccc21. The van der Waals surface area contributed by atoms with Gasteiger partial charge in [0.15, 0.2) is 0 Å². The fourth-order valence-corrected chi connectivity index (χ4v) is 3.38. The van der Waals surface area contributed by atoms with Gasteiger partial charge < -0.3 is 10.1 Å². The number of ether oxygens (including phenoxy) is 1. The maximum absolute atomic E-state index is 5.81. The van der Waals surface area contributed by atoms with Crippen LogP contribution in [-0.4, -0.2) is 13.7 Å². The van der Waals surface area contributed by atoms with Gasteiger partial charge in [0.1, 0.15) is 5.75 Å². The van der Waals surface area contributed by atoms with Crippen LogP contribution in [0.1, 0.15) is 40.6 Å². The number of fused-ring (bicyclic) bond motifs is 1. The molecule has 0 amide bonds. The van der Waals surface area contributed by atoms with E-state index in [1.165, 1.54) is 22.3 Å². The molecule has 21 heavy (non-hydrogen) atoms. The molecule has 1 aliphatic heterocycles. The van der Waals surface area contributed by atoms with Gasteiger partial charge >= 0.3 is 0 Å². The van der Waals surface area contributed by atoms with Crippen LogP contribution in [0.2, 0.25) is 0 Å². The van der Waals surface area contributed by atoms with E-state index in [1.54, 1.807) is 0 Å². The second-order valence-corrected chi connectivity index (χ2v) is 5.91. The van der Waals surface area contributed by atoms with Crippen LogP contribution < -0.4 is 10.1 Å². The Kier molecular flexibility index (Phi) is 3.98. The number of benzene rings is 2. The van der Waals surface area contributed by atoms with E-state index in [4.69, 9.17) is 4.74 Å². The number of aryl methyl sites for hydroxylation is 2. The zero-order valence-electron chi connectivity index (χ0n) is 13.0. The minimum atomic E-state index is 0.329. The highest BCUT2D eigenvalue weighted by molar-refractivity contribution is 5.42. The molecule has 110 valence electrons. The molecule has 0 bridgehead atoms. The predicted octanol–water partition coefficient (Wildman–Crippen LogP) is 4.13. The first-order valence-electron chi connectivity index (χ1n) is 7.67. The van der Waals surface area contributed by atoms with Crippen LogP contribution in [0.15, 0.2) is 42.5 Å². The van der Waals surface area contributed by atoms with Crippen molar-refractivity contribution < 1.29 is 4.74 Å². The van der Waals surface area contributed by atoms with Gasteiger partial charge in [-0.2, -0.15) is 0 Å². The molecule has 2 heteroatoms. The highest BCUT2D eigenvalue weighted by Gasteiger charge is 2.29. The summed E-state index contributed by atoms with van der Waals surface area (Å²) < 4.78 is 5.81. The molecule has 1 N–H and O–H groups in total. The van der Waals surface area contributed by atoms with Crippen molar-refractivity contribution in [2.75, 3.05) is 13.7 Å². The van der Waals surface area contributed by atoms with Gasteiger partial charge in [0, 0.05) is 12.0 Å². The van der Waals surface area contributed by atoms with E-state index in [1.807, 2.05) is 6.07 Å². The Morgan fingerprint density at radius 2 is 1.95 bits per heavy atom. The number of rotatable bonds is 3. The Morgan fingerprint density at radius 3 is 2.76 bits per heavy atom. The maximum atomic E-state index is 5.81. The first-order chi connectivity index (χ1) is 10.2. The molecule has 2 atom stereocenters. The first kappa shape index (κ1) is 14.2. The summed E-state index contributed by atoms with van der Waals surface area (Å²) in [5.74, 6) is 1.50. The lowest BCUT2D eigenvalue weighted by atomic mass is 9.81. The monoisotopic (exact) mass is 281 g/mol. The van der Waals surface area contributed by atoms with Crippen LogP contribution >= 0.6 is 0 Å². The van der Waals surface area contributed by atoms with Crippen LogP contribution in [0.5, 0.6) is 5.75 Å². The number of likely N-dealkylation sites (N-methyl/N-ethyl adjacent to an activating group) is 1.